The summed E-state index contributed by atoms with van der Waals surface area (Å²) in [7, 11) is 0. The molecule has 0 radical (unpaired) electrons. The lowest BCUT2D eigenvalue weighted by Gasteiger charge is -2.28. The van der Waals surface area contributed by atoms with Crippen molar-refractivity contribution in [2.45, 2.75) is 46.5 Å². The molecule has 0 saturated heterocycles. The molecular weight excluding hydrogens is 314 g/mol. The minimum atomic E-state index is -0.277. The van der Waals surface area contributed by atoms with Gasteiger partial charge in [-0.05, 0) is 49.1 Å². The van der Waals surface area contributed by atoms with E-state index in [-0.39, 0.29) is 5.91 Å². The molecule has 0 saturated carbocycles. The number of H-pyrrole nitrogens is 1. The second-order valence-electron chi connectivity index (χ2n) is 7.86. The van der Waals surface area contributed by atoms with E-state index in [1.54, 1.807) is 6.20 Å². The molecule has 2 aromatic heterocycles. The summed E-state index contributed by atoms with van der Waals surface area (Å²) in [6.07, 6.45) is 7.35. The number of aryl methyl sites for hydroxylation is 1. The predicted molar refractivity (Wildman–Crippen MR) is 97.5 cm³/mol. The highest BCUT2D eigenvalue weighted by molar-refractivity contribution is 5.94. The number of hydrogen-bond donors (Lipinski definition) is 2. The molecule has 3 rings (SSSR count). The molecule has 1 aliphatic rings. The van der Waals surface area contributed by atoms with Crippen LogP contribution in [0.15, 0.2) is 29.5 Å². The summed E-state index contributed by atoms with van der Waals surface area (Å²) in [6.45, 7) is 6.79. The van der Waals surface area contributed by atoms with Crippen LogP contribution in [0.5, 0.6) is 0 Å². The molecular formula is C19H25N5O. The van der Waals surface area contributed by atoms with E-state index in [2.05, 4.69) is 46.5 Å². The van der Waals surface area contributed by atoms with E-state index in [1.807, 2.05) is 18.2 Å². The number of carbonyl (C=O) groups is 1. The minimum absolute atomic E-state index is 0.277. The summed E-state index contributed by atoms with van der Waals surface area (Å²) in [5, 5.41) is 11.2. The normalized spacial score (nSPS) is 17.5. The highest BCUT2D eigenvalue weighted by Gasteiger charge is 2.28. The van der Waals surface area contributed by atoms with Crippen LogP contribution in [0.2, 0.25) is 0 Å². The largest absolute Gasteiger partial charge is 0.292 e. The molecule has 1 unspecified atom stereocenters. The molecule has 0 aromatic carbocycles. The van der Waals surface area contributed by atoms with Gasteiger partial charge >= 0.3 is 0 Å². The molecule has 132 valence electrons. The van der Waals surface area contributed by atoms with Crippen molar-refractivity contribution in [3.8, 4) is 0 Å². The van der Waals surface area contributed by atoms with Gasteiger partial charge in [0.2, 0.25) is 0 Å². The number of fused-ring (bicyclic) bond motifs is 1. The number of pyridine rings is 1. The first-order valence-corrected chi connectivity index (χ1v) is 8.73. The van der Waals surface area contributed by atoms with Gasteiger partial charge in [-0.3, -0.25) is 14.9 Å². The maximum atomic E-state index is 12.4. The Morgan fingerprint density at radius 2 is 2.28 bits per heavy atom. The summed E-state index contributed by atoms with van der Waals surface area (Å²) in [5.74, 6) is 0.315. The van der Waals surface area contributed by atoms with Gasteiger partial charge in [-0.1, -0.05) is 26.8 Å². The maximum Gasteiger partial charge on any atom is 0.292 e. The molecule has 2 N–H and O–H groups in total. The van der Waals surface area contributed by atoms with E-state index in [4.69, 9.17) is 0 Å². The van der Waals surface area contributed by atoms with Crippen LogP contribution in [0, 0.1) is 11.3 Å². The van der Waals surface area contributed by atoms with Gasteiger partial charge < -0.3 is 0 Å². The average molecular weight is 339 g/mol. The Bertz CT molecular complexity index is 758. The molecule has 0 aliphatic heterocycles. The molecule has 25 heavy (non-hydrogen) atoms. The van der Waals surface area contributed by atoms with Crippen LogP contribution < -0.4 is 5.43 Å². The van der Waals surface area contributed by atoms with Gasteiger partial charge in [0, 0.05) is 17.5 Å². The van der Waals surface area contributed by atoms with Crippen molar-refractivity contribution in [3.05, 3.63) is 47.0 Å². The number of aromatic amines is 1. The Labute approximate surface area is 148 Å². The fraction of sp³-hybridized carbons (Fsp3) is 0.474. The van der Waals surface area contributed by atoms with Crippen LogP contribution in [-0.2, 0) is 12.8 Å². The first-order valence-electron chi connectivity index (χ1n) is 8.73. The van der Waals surface area contributed by atoms with Crippen molar-refractivity contribution in [1.29, 1.82) is 0 Å². The van der Waals surface area contributed by atoms with E-state index in [0.29, 0.717) is 22.7 Å². The lowest BCUT2D eigenvalue weighted by atomic mass is 9.76. The molecule has 1 aliphatic carbocycles. The number of rotatable bonds is 4. The van der Waals surface area contributed by atoms with Crippen LogP contribution in [0.3, 0.4) is 0 Å². The van der Waals surface area contributed by atoms with Crippen molar-refractivity contribution >= 4 is 12.1 Å². The van der Waals surface area contributed by atoms with Gasteiger partial charge in [-0.15, -0.1) is 0 Å². The van der Waals surface area contributed by atoms with Crippen LogP contribution in [0.4, 0.5) is 0 Å². The van der Waals surface area contributed by atoms with Gasteiger partial charge in [0.15, 0.2) is 5.69 Å². The van der Waals surface area contributed by atoms with Crippen LogP contribution >= 0.6 is 0 Å². The van der Waals surface area contributed by atoms with Gasteiger partial charge in [-0.2, -0.15) is 10.2 Å². The Morgan fingerprint density at radius 3 is 3.00 bits per heavy atom. The lowest BCUT2D eigenvalue weighted by molar-refractivity contribution is 0.0948. The number of hydrazone groups is 1. The quantitative estimate of drug-likeness (QED) is 0.663. The van der Waals surface area contributed by atoms with Crippen molar-refractivity contribution in [1.82, 2.24) is 20.6 Å². The zero-order valence-corrected chi connectivity index (χ0v) is 15.0. The Hall–Kier alpha value is -2.50. The van der Waals surface area contributed by atoms with E-state index < -0.39 is 0 Å². The zero-order valence-electron chi connectivity index (χ0n) is 15.0. The van der Waals surface area contributed by atoms with E-state index in [1.165, 1.54) is 6.21 Å². The van der Waals surface area contributed by atoms with Crippen molar-refractivity contribution < 1.29 is 4.79 Å². The summed E-state index contributed by atoms with van der Waals surface area (Å²) < 4.78 is 0. The molecule has 6 heteroatoms. The van der Waals surface area contributed by atoms with Crippen molar-refractivity contribution in [2.24, 2.45) is 16.4 Å². The van der Waals surface area contributed by atoms with Gasteiger partial charge in [0.25, 0.3) is 5.91 Å². The monoisotopic (exact) mass is 339 g/mol. The Balaban J connectivity index is 1.67. The van der Waals surface area contributed by atoms with Crippen LogP contribution in [0.25, 0.3) is 0 Å². The summed E-state index contributed by atoms with van der Waals surface area (Å²) in [5.41, 5.74) is 6.14. The highest BCUT2D eigenvalue weighted by Crippen LogP contribution is 2.34. The molecule has 6 nitrogen and oxygen atoms in total. The van der Waals surface area contributed by atoms with Gasteiger partial charge in [0.1, 0.15) is 0 Å². The number of aromatic nitrogens is 3. The molecule has 0 fully saturated rings. The fourth-order valence-electron chi connectivity index (χ4n) is 3.46. The number of amides is 1. The standard InChI is InChI=1S/C19H25N5O/c1-19(2,3)11-13-7-8-16-15(10-13)17(23-22-16)18(25)24-21-12-14-6-4-5-9-20-14/h4-6,9,12-13H,7-8,10-11H2,1-3H3,(H,22,23)(H,24,25)/b21-12+. The van der Waals surface area contributed by atoms with E-state index >= 15 is 0 Å². The predicted octanol–water partition coefficient (Wildman–Crippen LogP) is 3.11. The second-order valence-corrected chi connectivity index (χ2v) is 7.86. The number of carbonyl (C=O) groups excluding carboxylic acids is 1. The van der Waals surface area contributed by atoms with E-state index in [9.17, 15) is 4.79 Å². The Morgan fingerprint density at radius 1 is 1.44 bits per heavy atom. The van der Waals surface area contributed by atoms with Gasteiger partial charge in [0.05, 0.1) is 11.9 Å². The maximum absolute atomic E-state index is 12.4. The third-order valence-corrected chi connectivity index (χ3v) is 4.41. The summed E-state index contributed by atoms with van der Waals surface area (Å²) >= 11 is 0. The zero-order chi connectivity index (χ0) is 17.9. The molecule has 1 atom stereocenters. The van der Waals surface area contributed by atoms with Crippen molar-refractivity contribution in [3.63, 3.8) is 0 Å². The molecule has 2 heterocycles. The Kier molecular flexibility index (Phi) is 4.97. The number of nitrogens with one attached hydrogen (secondary N) is 2. The average Bonchev–Trinajstić information content (AvgIpc) is 2.97. The molecule has 1 amide bonds. The van der Waals surface area contributed by atoms with Crippen LogP contribution in [-0.4, -0.2) is 27.3 Å². The second kappa shape index (κ2) is 7.17. The van der Waals surface area contributed by atoms with Crippen LogP contribution in [0.1, 0.15) is 61.1 Å². The van der Waals surface area contributed by atoms with Gasteiger partial charge in [-0.25, -0.2) is 5.43 Å². The topological polar surface area (TPSA) is 83.0 Å². The third kappa shape index (κ3) is 4.53. The molecule has 0 bridgehead atoms. The number of nitrogens with zero attached hydrogens (tertiary/aromatic N) is 3. The SMILES string of the molecule is CC(C)(C)CC1CCc2[nH]nc(C(=O)N/N=C/c3ccccn3)c2C1. The first kappa shape index (κ1) is 17.3. The van der Waals surface area contributed by atoms with Crippen molar-refractivity contribution in [2.75, 3.05) is 0 Å². The summed E-state index contributed by atoms with van der Waals surface area (Å²) in [6, 6.07) is 5.53. The third-order valence-electron chi connectivity index (χ3n) is 4.41. The summed E-state index contributed by atoms with van der Waals surface area (Å²) in [4.78, 5) is 16.6. The lowest BCUT2D eigenvalue weighted by Crippen LogP contribution is -2.24. The number of hydrogen-bond acceptors (Lipinski definition) is 4. The minimum Gasteiger partial charge on any atom is -0.281 e. The fourth-order valence-corrected chi connectivity index (χ4v) is 3.46. The molecule has 0 spiro atoms. The van der Waals surface area contributed by atoms with E-state index in [0.717, 1.165) is 36.9 Å². The molecule has 2 aromatic rings. The highest BCUT2D eigenvalue weighted by atomic mass is 16.2. The first-order chi connectivity index (χ1) is 11.9. The smallest absolute Gasteiger partial charge is 0.281 e.